The third-order valence-corrected chi connectivity index (χ3v) is 5.82. The number of hydrogen-bond donors (Lipinski definition) is 0. The second kappa shape index (κ2) is 10.7. The first-order valence-electron chi connectivity index (χ1n) is 10.7. The summed E-state index contributed by atoms with van der Waals surface area (Å²) in [5.74, 6) is 0.328. The summed E-state index contributed by atoms with van der Waals surface area (Å²) in [6.07, 6.45) is 1.03. The van der Waals surface area contributed by atoms with Gasteiger partial charge in [-0.05, 0) is 17.5 Å². The van der Waals surface area contributed by atoms with E-state index in [1.165, 1.54) is 5.56 Å². The molecule has 0 unspecified atom stereocenters. The van der Waals surface area contributed by atoms with Gasteiger partial charge in [0.05, 0.1) is 26.3 Å². The van der Waals surface area contributed by atoms with Gasteiger partial charge in [0.1, 0.15) is 0 Å². The quantitative estimate of drug-likeness (QED) is 0.672. The summed E-state index contributed by atoms with van der Waals surface area (Å²) in [6.45, 7) is 9.64. The number of ether oxygens (including phenoxy) is 1. The molecular weight excluding hydrogens is 368 g/mol. The Morgan fingerprint density at radius 1 is 0.897 bits per heavy atom. The predicted molar refractivity (Wildman–Crippen MR) is 113 cm³/mol. The fraction of sp³-hybridized carbons (Fsp3) is 0.636. The molecule has 1 aromatic carbocycles. The van der Waals surface area contributed by atoms with E-state index in [1.54, 1.807) is 4.90 Å². The van der Waals surface area contributed by atoms with Gasteiger partial charge in [-0.15, -0.1) is 0 Å². The first-order chi connectivity index (χ1) is 14.0. The summed E-state index contributed by atoms with van der Waals surface area (Å²) >= 11 is 0. The number of piperazine rings is 1. The number of benzene rings is 1. The topological polar surface area (TPSA) is 56.3 Å². The van der Waals surface area contributed by atoms with Crippen molar-refractivity contribution in [2.75, 3.05) is 72.6 Å². The van der Waals surface area contributed by atoms with Crippen molar-refractivity contribution in [3.05, 3.63) is 35.4 Å². The van der Waals surface area contributed by atoms with Crippen molar-refractivity contribution in [3.63, 3.8) is 0 Å². The van der Waals surface area contributed by atoms with E-state index in [2.05, 4.69) is 41.0 Å². The van der Waals surface area contributed by atoms with E-state index in [0.717, 1.165) is 38.2 Å². The standard InChI is InChI=1S/C22H34N4O3/c1-3-19-4-6-20(7-5-19)16-23(2)21(27)17-24-8-10-25(11-9-24)18-22(28)26-12-14-29-15-13-26/h4-7H,3,8-18H2,1-2H3. The molecule has 2 fully saturated rings. The summed E-state index contributed by atoms with van der Waals surface area (Å²) in [6, 6.07) is 8.47. The highest BCUT2D eigenvalue weighted by atomic mass is 16.5. The maximum atomic E-state index is 12.6. The Hall–Kier alpha value is -1.96. The van der Waals surface area contributed by atoms with Crippen molar-refractivity contribution in [1.82, 2.24) is 19.6 Å². The lowest BCUT2D eigenvalue weighted by Crippen LogP contribution is -2.53. The van der Waals surface area contributed by atoms with Crippen LogP contribution < -0.4 is 0 Å². The van der Waals surface area contributed by atoms with E-state index >= 15 is 0 Å². The molecule has 160 valence electrons. The first kappa shape index (κ1) is 21.7. The van der Waals surface area contributed by atoms with Crippen LogP contribution in [0.2, 0.25) is 0 Å². The number of morpholine rings is 1. The van der Waals surface area contributed by atoms with E-state index in [1.807, 2.05) is 11.9 Å². The number of amides is 2. The Kier molecular flexibility index (Phi) is 8.03. The van der Waals surface area contributed by atoms with Crippen molar-refractivity contribution in [2.45, 2.75) is 19.9 Å². The van der Waals surface area contributed by atoms with Crippen LogP contribution in [0.15, 0.2) is 24.3 Å². The van der Waals surface area contributed by atoms with E-state index in [0.29, 0.717) is 45.9 Å². The number of rotatable bonds is 7. The summed E-state index contributed by atoms with van der Waals surface area (Å²) in [5, 5.41) is 0. The molecule has 2 saturated heterocycles. The van der Waals surface area contributed by atoms with Gasteiger partial charge >= 0.3 is 0 Å². The summed E-state index contributed by atoms with van der Waals surface area (Å²) in [4.78, 5) is 33.1. The van der Waals surface area contributed by atoms with Crippen molar-refractivity contribution < 1.29 is 14.3 Å². The van der Waals surface area contributed by atoms with Gasteiger partial charge in [-0.2, -0.15) is 0 Å². The number of aryl methyl sites for hydroxylation is 1. The Labute approximate surface area is 174 Å². The van der Waals surface area contributed by atoms with Gasteiger partial charge in [0.2, 0.25) is 11.8 Å². The van der Waals surface area contributed by atoms with Gasteiger partial charge < -0.3 is 14.5 Å². The zero-order chi connectivity index (χ0) is 20.6. The third-order valence-electron chi connectivity index (χ3n) is 5.82. The number of nitrogens with zero attached hydrogens (tertiary/aromatic N) is 4. The SMILES string of the molecule is CCc1ccc(CN(C)C(=O)CN2CCN(CC(=O)N3CCOCC3)CC2)cc1. The molecule has 1 aromatic rings. The van der Waals surface area contributed by atoms with E-state index < -0.39 is 0 Å². The maximum Gasteiger partial charge on any atom is 0.236 e. The van der Waals surface area contributed by atoms with Crippen molar-refractivity contribution in [3.8, 4) is 0 Å². The lowest BCUT2D eigenvalue weighted by molar-refractivity contribution is -0.137. The van der Waals surface area contributed by atoms with Crippen LogP contribution in [0.25, 0.3) is 0 Å². The van der Waals surface area contributed by atoms with E-state index in [-0.39, 0.29) is 11.8 Å². The number of carbonyl (C=O) groups is 2. The Balaban J connectivity index is 1.37. The molecule has 0 aromatic heterocycles. The number of likely N-dealkylation sites (N-methyl/N-ethyl adjacent to an activating group) is 1. The molecule has 7 nitrogen and oxygen atoms in total. The zero-order valence-corrected chi connectivity index (χ0v) is 17.8. The average Bonchev–Trinajstić information content (AvgIpc) is 2.76. The molecule has 0 atom stereocenters. The summed E-state index contributed by atoms with van der Waals surface area (Å²) in [7, 11) is 1.87. The number of hydrogen-bond acceptors (Lipinski definition) is 5. The van der Waals surface area contributed by atoms with Crippen molar-refractivity contribution in [2.24, 2.45) is 0 Å². The Morgan fingerprint density at radius 2 is 1.45 bits per heavy atom. The maximum absolute atomic E-state index is 12.6. The van der Waals surface area contributed by atoms with Gasteiger partial charge in [0.15, 0.2) is 0 Å². The van der Waals surface area contributed by atoms with E-state index in [9.17, 15) is 9.59 Å². The van der Waals surface area contributed by atoms with E-state index in [4.69, 9.17) is 4.74 Å². The molecule has 2 heterocycles. The minimum Gasteiger partial charge on any atom is -0.378 e. The smallest absolute Gasteiger partial charge is 0.236 e. The highest BCUT2D eigenvalue weighted by Crippen LogP contribution is 2.09. The molecule has 0 saturated carbocycles. The molecule has 0 spiro atoms. The third kappa shape index (κ3) is 6.52. The van der Waals surface area contributed by atoms with Crippen LogP contribution >= 0.6 is 0 Å². The highest BCUT2D eigenvalue weighted by Gasteiger charge is 2.24. The minimum atomic E-state index is 0.141. The van der Waals surface area contributed by atoms with Crippen LogP contribution in [0, 0.1) is 0 Å². The molecule has 2 aliphatic rings. The Bertz CT molecular complexity index is 665. The van der Waals surface area contributed by atoms with Crippen molar-refractivity contribution >= 4 is 11.8 Å². The molecule has 2 aliphatic heterocycles. The van der Waals surface area contributed by atoms with Crippen LogP contribution in [-0.4, -0.2) is 104 Å². The van der Waals surface area contributed by atoms with Gasteiger partial charge in [-0.3, -0.25) is 19.4 Å². The summed E-state index contributed by atoms with van der Waals surface area (Å²) in [5.41, 5.74) is 2.47. The molecule has 0 aliphatic carbocycles. The first-order valence-corrected chi connectivity index (χ1v) is 10.7. The molecule has 7 heteroatoms. The fourth-order valence-electron chi connectivity index (χ4n) is 3.76. The molecular formula is C22H34N4O3. The Morgan fingerprint density at radius 3 is 2.03 bits per heavy atom. The highest BCUT2D eigenvalue weighted by molar-refractivity contribution is 5.78. The average molecular weight is 403 g/mol. The molecule has 2 amide bonds. The van der Waals surface area contributed by atoms with Gasteiger partial charge in [0, 0.05) is 52.9 Å². The molecule has 3 rings (SSSR count). The molecule has 0 bridgehead atoms. The van der Waals surface area contributed by atoms with Crippen LogP contribution in [0.4, 0.5) is 0 Å². The normalized spacial score (nSPS) is 18.6. The molecule has 29 heavy (non-hydrogen) atoms. The zero-order valence-electron chi connectivity index (χ0n) is 17.8. The molecule has 0 radical (unpaired) electrons. The van der Waals surface area contributed by atoms with Gasteiger partial charge in [0.25, 0.3) is 0 Å². The largest absolute Gasteiger partial charge is 0.378 e. The van der Waals surface area contributed by atoms with Gasteiger partial charge in [-0.25, -0.2) is 0 Å². The van der Waals surface area contributed by atoms with Crippen LogP contribution in [0.3, 0.4) is 0 Å². The summed E-state index contributed by atoms with van der Waals surface area (Å²) < 4.78 is 5.31. The second-order valence-electron chi connectivity index (χ2n) is 7.97. The second-order valence-corrected chi connectivity index (χ2v) is 7.97. The fourth-order valence-corrected chi connectivity index (χ4v) is 3.76. The van der Waals surface area contributed by atoms with Crippen LogP contribution in [-0.2, 0) is 27.3 Å². The minimum absolute atomic E-state index is 0.141. The van der Waals surface area contributed by atoms with Gasteiger partial charge in [-0.1, -0.05) is 31.2 Å². The molecule has 0 N–H and O–H groups in total. The lowest BCUT2D eigenvalue weighted by atomic mass is 10.1. The predicted octanol–water partition coefficient (Wildman–Crippen LogP) is 0.684. The number of carbonyl (C=O) groups excluding carboxylic acids is 2. The monoisotopic (exact) mass is 402 g/mol. The van der Waals surface area contributed by atoms with Crippen molar-refractivity contribution in [1.29, 1.82) is 0 Å². The lowest BCUT2D eigenvalue weighted by Gasteiger charge is -2.36. The van der Waals surface area contributed by atoms with Crippen LogP contribution in [0.5, 0.6) is 0 Å². The van der Waals surface area contributed by atoms with Crippen LogP contribution in [0.1, 0.15) is 18.1 Å².